The molecule has 0 saturated carbocycles. The van der Waals surface area contributed by atoms with Crippen LogP contribution in [-0.4, -0.2) is 47.0 Å². The maximum Gasteiger partial charge on any atom is 0.0707 e. The Hall–Kier alpha value is -1.68. The van der Waals surface area contributed by atoms with Gasteiger partial charge in [0.05, 0.1) is 12.2 Å². The molecule has 0 amide bonds. The van der Waals surface area contributed by atoms with Crippen molar-refractivity contribution in [1.82, 2.24) is 4.90 Å². The van der Waals surface area contributed by atoms with Gasteiger partial charge in [-0.3, -0.25) is 0 Å². The number of piperidine rings is 1. The Balaban J connectivity index is 1.67. The van der Waals surface area contributed by atoms with Crippen LogP contribution in [0.2, 0.25) is 0 Å². The number of aliphatic hydroxyl groups is 2. The third kappa shape index (κ3) is 4.49. The smallest absolute Gasteiger partial charge is 0.0707 e. The van der Waals surface area contributed by atoms with E-state index < -0.39 is 6.10 Å². The second-order valence-corrected chi connectivity index (χ2v) is 7.54. The van der Waals surface area contributed by atoms with Crippen LogP contribution >= 0.6 is 0 Å². The average molecular weight is 339 g/mol. The lowest BCUT2D eigenvalue weighted by atomic mass is 9.88. The van der Waals surface area contributed by atoms with Crippen molar-refractivity contribution in [1.29, 1.82) is 0 Å². The number of rotatable bonds is 5. The zero-order chi connectivity index (χ0) is 17.8. The number of aliphatic hydroxyl groups excluding tert-OH is 2. The molecule has 1 heterocycles. The van der Waals surface area contributed by atoms with Crippen molar-refractivity contribution in [2.75, 3.05) is 19.6 Å². The normalized spacial score (nSPS) is 25.7. The Kier molecular flexibility index (Phi) is 5.89. The number of benzene rings is 2. The Bertz CT molecular complexity index is 661. The zero-order valence-electron chi connectivity index (χ0n) is 15.2. The van der Waals surface area contributed by atoms with Gasteiger partial charge in [0.15, 0.2) is 0 Å². The molecule has 1 saturated heterocycles. The van der Waals surface area contributed by atoms with Gasteiger partial charge in [-0.2, -0.15) is 0 Å². The van der Waals surface area contributed by atoms with Gasteiger partial charge in [0, 0.05) is 26.1 Å². The molecule has 0 aromatic heterocycles. The zero-order valence-corrected chi connectivity index (χ0v) is 15.2. The number of β-amino-alcohol motifs (C(OH)–C–C–N with tert-alkyl or cyclic N) is 1. The predicted molar refractivity (Wildman–Crippen MR) is 102 cm³/mol. The van der Waals surface area contributed by atoms with Crippen molar-refractivity contribution < 1.29 is 10.2 Å². The minimum atomic E-state index is -0.403. The van der Waals surface area contributed by atoms with E-state index in [-0.39, 0.29) is 17.9 Å². The molecule has 0 bridgehead atoms. The average Bonchev–Trinajstić information content (AvgIpc) is 2.61. The largest absolute Gasteiger partial charge is 0.392 e. The molecule has 0 radical (unpaired) electrons. The summed E-state index contributed by atoms with van der Waals surface area (Å²) in [6.07, 6.45) is 0.0130. The molecule has 0 aliphatic carbocycles. The van der Waals surface area contributed by atoms with Gasteiger partial charge in [-0.25, -0.2) is 0 Å². The van der Waals surface area contributed by atoms with Gasteiger partial charge in [0.2, 0.25) is 0 Å². The molecule has 3 nitrogen and oxygen atoms in total. The minimum absolute atomic E-state index is 0.229. The van der Waals surface area contributed by atoms with Crippen LogP contribution in [0.15, 0.2) is 54.6 Å². The second-order valence-electron chi connectivity index (χ2n) is 7.54. The van der Waals surface area contributed by atoms with Gasteiger partial charge in [0.25, 0.3) is 0 Å². The van der Waals surface area contributed by atoms with Crippen LogP contribution in [0.4, 0.5) is 0 Å². The summed E-state index contributed by atoms with van der Waals surface area (Å²) in [5.41, 5.74) is 3.56. The van der Waals surface area contributed by atoms with Crippen molar-refractivity contribution in [3.63, 3.8) is 0 Å². The van der Waals surface area contributed by atoms with E-state index in [4.69, 9.17) is 0 Å². The molecule has 3 unspecified atom stereocenters. The fourth-order valence-corrected chi connectivity index (χ4v) is 4.03. The molecule has 134 valence electrons. The molecule has 2 aromatic carbocycles. The molecule has 3 atom stereocenters. The van der Waals surface area contributed by atoms with Gasteiger partial charge < -0.3 is 15.1 Å². The number of hydrogen-bond donors (Lipinski definition) is 2. The van der Waals surface area contributed by atoms with Crippen LogP contribution in [-0.2, 0) is 6.42 Å². The summed E-state index contributed by atoms with van der Waals surface area (Å²) in [6, 6.07) is 18.7. The molecular formula is C22H29NO2. The Morgan fingerprint density at radius 3 is 2.24 bits per heavy atom. The second kappa shape index (κ2) is 8.13. The van der Waals surface area contributed by atoms with E-state index in [1.54, 1.807) is 0 Å². The first-order valence-electron chi connectivity index (χ1n) is 9.26. The van der Waals surface area contributed by atoms with E-state index in [0.29, 0.717) is 13.0 Å². The molecule has 1 fully saturated rings. The van der Waals surface area contributed by atoms with Gasteiger partial charge >= 0.3 is 0 Å². The van der Waals surface area contributed by atoms with E-state index in [1.807, 2.05) is 30.3 Å². The molecule has 1 aliphatic rings. The number of likely N-dealkylation sites (tertiary alicyclic amines) is 1. The fraction of sp³-hybridized carbons (Fsp3) is 0.455. The molecule has 1 aliphatic heterocycles. The highest BCUT2D eigenvalue weighted by Crippen LogP contribution is 2.26. The first-order chi connectivity index (χ1) is 12.0. The Labute approximate surface area is 150 Å². The van der Waals surface area contributed by atoms with Crippen LogP contribution in [0.5, 0.6) is 0 Å². The first kappa shape index (κ1) is 18.1. The monoisotopic (exact) mass is 339 g/mol. The maximum atomic E-state index is 10.7. The summed E-state index contributed by atoms with van der Waals surface area (Å²) >= 11 is 0. The SMILES string of the molecule is CC1CN(CC(O)Cc2ccccc2-c2ccccc2)CC(C)C1O. The van der Waals surface area contributed by atoms with E-state index in [2.05, 4.69) is 43.0 Å². The fourth-order valence-electron chi connectivity index (χ4n) is 4.03. The maximum absolute atomic E-state index is 10.7. The van der Waals surface area contributed by atoms with Crippen molar-refractivity contribution in [3.05, 3.63) is 60.2 Å². The molecule has 0 spiro atoms. The van der Waals surface area contributed by atoms with Crippen LogP contribution in [0.3, 0.4) is 0 Å². The van der Waals surface area contributed by atoms with Crippen LogP contribution < -0.4 is 0 Å². The highest BCUT2D eigenvalue weighted by atomic mass is 16.3. The predicted octanol–water partition coefficient (Wildman–Crippen LogP) is 3.21. The van der Waals surface area contributed by atoms with Crippen LogP contribution in [0, 0.1) is 11.8 Å². The van der Waals surface area contributed by atoms with E-state index in [0.717, 1.165) is 13.1 Å². The first-order valence-corrected chi connectivity index (χ1v) is 9.26. The van der Waals surface area contributed by atoms with E-state index in [1.165, 1.54) is 16.7 Å². The molecule has 3 rings (SSSR count). The molecule has 25 heavy (non-hydrogen) atoms. The topological polar surface area (TPSA) is 43.7 Å². The summed E-state index contributed by atoms with van der Waals surface area (Å²) in [5.74, 6) is 0.514. The molecule has 3 heteroatoms. The Morgan fingerprint density at radius 1 is 0.960 bits per heavy atom. The summed E-state index contributed by atoms with van der Waals surface area (Å²) < 4.78 is 0. The van der Waals surface area contributed by atoms with Crippen LogP contribution in [0.1, 0.15) is 19.4 Å². The number of nitrogens with zero attached hydrogens (tertiary/aromatic N) is 1. The van der Waals surface area contributed by atoms with Crippen LogP contribution in [0.25, 0.3) is 11.1 Å². The highest BCUT2D eigenvalue weighted by molar-refractivity contribution is 5.67. The van der Waals surface area contributed by atoms with Gasteiger partial charge in [-0.05, 0) is 28.5 Å². The quantitative estimate of drug-likeness (QED) is 0.879. The molecule has 2 aromatic rings. The highest BCUT2D eigenvalue weighted by Gasteiger charge is 2.31. The lowest BCUT2D eigenvalue weighted by Gasteiger charge is -2.39. The molecule has 2 N–H and O–H groups in total. The van der Waals surface area contributed by atoms with Gasteiger partial charge in [-0.1, -0.05) is 68.4 Å². The van der Waals surface area contributed by atoms with E-state index >= 15 is 0 Å². The summed E-state index contributed by atoms with van der Waals surface area (Å²) in [4.78, 5) is 2.29. The Morgan fingerprint density at radius 2 is 1.56 bits per heavy atom. The lowest BCUT2D eigenvalue weighted by molar-refractivity contribution is -0.0214. The minimum Gasteiger partial charge on any atom is -0.392 e. The van der Waals surface area contributed by atoms with Crippen molar-refractivity contribution >= 4 is 0 Å². The van der Waals surface area contributed by atoms with Crippen molar-refractivity contribution in [3.8, 4) is 11.1 Å². The third-order valence-electron chi connectivity index (χ3n) is 5.29. The number of hydrogen-bond acceptors (Lipinski definition) is 3. The van der Waals surface area contributed by atoms with Crippen molar-refractivity contribution in [2.24, 2.45) is 11.8 Å². The molecular weight excluding hydrogens is 310 g/mol. The summed E-state index contributed by atoms with van der Waals surface area (Å²) in [5, 5.41) is 20.8. The van der Waals surface area contributed by atoms with E-state index in [9.17, 15) is 10.2 Å². The summed E-state index contributed by atoms with van der Waals surface area (Å²) in [7, 11) is 0. The lowest BCUT2D eigenvalue weighted by Crippen LogP contribution is -2.49. The standard InChI is InChI=1S/C22H29NO2/c1-16-13-23(14-17(2)22(16)25)15-20(24)12-19-10-6-7-11-21(19)18-8-4-3-5-9-18/h3-11,16-17,20,22,24-25H,12-15H2,1-2H3. The van der Waals surface area contributed by atoms with Gasteiger partial charge in [0.1, 0.15) is 0 Å². The van der Waals surface area contributed by atoms with Crippen molar-refractivity contribution in [2.45, 2.75) is 32.5 Å². The third-order valence-corrected chi connectivity index (χ3v) is 5.29. The summed E-state index contributed by atoms with van der Waals surface area (Å²) in [6.45, 7) is 6.53. The van der Waals surface area contributed by atoms with Gasteiger partial charge in [-0.15, -0.1) is 0 Å².